The quantitative estimate of drug-likeness (QED) is 0.743. The number of alkyl halides is 3. The van der Waals surface area contributed by atoms with Crippen LogP contribution in [0.3, 0.4) is 0 Å². The average Bonchev–Trinajstić information content (AvgIpc) is 3.10. The van der Waals surface area contributed by atoms with Gasteiger partial charge in [-0.2, -0.15) is 13.2 Å². The third-order valence-electron chi connectivity index (χ3n) is 4.38. The van der Waals surface area contributed by atoms with E-state index in [1.165, 1.54) is 18.2 Å². The highest BCUT2D eigenvalue weighted by molar-refractivity contribution is 6.08. The SMILES string of the molecule is Cc1cccc(C)c1N/C(=C1/C=CC=C1C(=O)C(F)(F)F)c1ccccc1. The van der Waals surface area contributed by atoms with Crippen LogP contribution < -0.4 is 5.32 Å². The number of anilines is 1. The molecule has 0 aromatic heterocycles. The van der Waals surface area contributed by atoms with Crippen molar-refractivity contribution < 1.29 is 18.0 Å². The molecule has 3 rings (SSSR count). The maximum Gasteiger partial charge on any atom is 0.454 e. The van der Waals surface area contributed by atoms with E-state index in [1.807, 2.05) is 38.1 Å². The second-order valence-corrected chi connectivity index (χ2v) is 6.31. The molecule has 138 valence electrons. The zero-order valence-electron chi connectivity index (χ0n) is 14.9. The summed E-state index contributed by atoms with van der Waals surface area (Å²) in [5.41, 5.74) is 3.75. The van der Waals surface area contributed by atoms with Gasteiger partial charge in [0, 0.05) is 16.8 Å². The van der Waals surface area contributed by atoms with Crippen LogP contribution in [0.5, 0.6) is 0 Å². The number of carbonyl (C=O) groups excluding carboxylic acids is 1. The molecule has 1 aliphatic rings. The van der Waals surface area contributed by atoms with Crippen LogP contribution in [0.15, 0.2) is 77.9 Å². The number of aryl methyl sites for hydroxylation is 2. The Kier molecular flexibility index (Phi) is 5.04. The molecular weight excluding hydrogens is 351 g/mol. The van der Waals surface area contributed by atoms with E-state index < -0.39 is 12.0 Å². The zero-order valence-corrected chi connectivity index (χ0v) is 14.9. The molecule has 0 aliphatic heterocycles. The summed E-state index contributed by atoms with van der Waals surface area (Å²) in [5, 5.41) is 3.28. The molecule has 0 unspecified atom stereocenters. The molecule has 0 fully saturated rings. The Morgan fingerprint density at radius 1 is 0.926 bits per heavy atom. The highest BCUT2D eigenvalue weighted by Crippen LogP contribution is 2.35. The predicted molar refractivity (Wildman–Crippen MR) is 101 cm³/mol. The molecule has 0 saturated carbocycles. The standard InChI is InChI=1S/C22H18F3NO/c1-14-8-6-9-15(2)19(14)26-20(16-10-4-3-5-11-16)17-12-7-13-18(17)21(27)22(23,24)25/h3-13,26H,1-2H3/b20-17-. The second kappa shape index (κ2) is 7.27. The Bertz CT molecular complexity index is 947. The minimum Gasteiger partial charge on any atom is -0.354 e. The summed E-state index contributed by atoms with van der Waals surface area (Å²) in [4.78, 5) is 11.9. The van der Waals surface area contributed by atoms with Crippen molar-refractivity contribution in [2.45, 2.75) is 20.0 Å². The fraction of sp³-hybridized carbons (Fsp3) is 0.136. The van der Waals surface area contributed by atoms with E-state index in [-0.39, 0.29) is 11.1 Å². The van der Waals surface area contributed by atoms with Gasteiger partial charge in [-0.3, -0.25) is 4.79 Å². The van der Waals surface area contributed by atoms with Gasteiger partial charge in [-0.1, -0.05) is 66.8 Å². The number of allylic oxidation sites excluding steroid dienone is 5. The molecule has 5 heteroatoms. The van der Waals surface area contributed by atoms with Crippen LogP contribution in [0.25, 0.3) is 5.70 Å². The lowest BCUT2D eigenvalue weighted by atomic mass is 9.97. The molecule has 1 aliphatic carbocycles. The monoisotopic (exact) mass is 369 g/mol. The number of benzene rings is 2. The number of Topliss-reactive ketones (excluding diaryl/α,β-unsaturated/α-hetero) is 1. The van der Waals surface area contributed by atoms with Gasteiger partial charge in [0.15, 0.2) is 0 Å². The number of rotatable bonds is 4. The minimum absolute atomic E-state index is 0.228. The smallest absolute Gasteiger partial charge is 0.354 e. The van der Waals surface area contributed by atoms with Gasteiger partial charge >= 0.3 is 6.18 Å². The van der Waals surface area contributed by atoms with Gasteiger partial charge in [0.1, 0.15) is 0 Å². The van der Waals surface area contributed by atoms with E-state index in [2.05, 4.69) is 5.32 Å². The molecule has 1 N–H and O–H groups in total. The summed E-state index contributed by atoms with van der Waals surface area (Å²) >= 11 is 0. The van der Waals surface area contributed by atoms with Crippen molar-refractivity contribution in [3.63, 3.8) is 0 Å². The van der Waals surface area contributed by atoms with E-state index in [9.17, 15) is 18.0 Å². The van der Waals surface area contributed by atoms with Crippen molar-refractivity contribution in [1.29, 1.82) is 0 Å². The lowest BCUT2D eigenvalue weighted by molar-refractivity contribution is -0.166. The summed E-state index contributed by atoms with van der Waals surface area (Å²) in [6, 6.07) is 14.8. The van der Waals surface area contributed by atoms with Crippen molar-refractivity contribution in [1.82, 2.24) is 0 Å². The minimum atomic E-state index is -4.93. The van der Waals surface area contributed by atoms with Crippen LogP contribution in [0.1, 0.15) is 16.7 Å². The number of hydrogen-bond acceptors (Lipinski definition) is 2. The molecule has 2 nitrogen and oxygen atoms in total. The first-order valence-electron chi connectivity index (χ1n) is 8.42. The number of hydrogen-bond donors (Lipinski definition) is 1. The van der Waals surface area contributed by atoms with Crippen molar-refractivity contribution >= 4 is 17.2 Å². The summed E-state index contributed by atoms with van der Waals surface area (Å²) in [6.07, 6.45) is -0.727. The number of nitrogens with one attached hydrogen (secondary N) is 1. The number of halogens is 3. The Labute approximate surface area is 155 Å². The van der Waals surface area contributed by atoms with Crippen molar-refractivity contribution in [2.75, 3.05) is 5.32 Å². The highest BCUT2D eigenvalue weighted by atomic mass is 19.4. The Morgan fingerprint density at radius 2 is 1.56 bits per heavy atom. The summed E-state index contributed by atoms with van der Waals surface area (Å²) in [6.45, 7) is 3.84. The van der Waals surface area contributed by atoms with Crippen molar-refractivity contribution in [3.8, 4) is 0 Å². The van der Waals surface area contributed by atoms with Crippen LogP contribution in [-0.2, 0) is 4.79 Å². The first-order valence-corrected chi connectivity index (χ1v) is 8.42. The maximum atomic E-state index is 13.0. The molecule has 0 saturated heterocycles. The molecule has 0 radical (unpaired) electrons. The Morgan fingerprint density at radius 3 is 2.15 bits per heavy atom. The van der Waals surface area contributed by atoms with Crippen LogP contribution in [-0.4, -0.2) is 12.0 Å². The zero-order chi connectivity index (χ0) is 19.6. The average molecular weight is 369 g/mol. The fourth-order valence-electron chi connectivity index (χ4n) is 3.03. The van der Waals surface area contributed by atoms with Gasteiger partial charge < -0.3 is 5.32 Å². The van der Waals surface area contributed by atoms with Crippen LogP contribution in [0.2, 0.25) is 0 Å². The van der Waals surface area contributed by atoms with E-state index >= 15 is 0 Å². The largest absolute Gasteiger partial charge is 0.454 e. The van der Waals surface area contributed by atoms with Gasteiger partial charge in [-0.05, 0) is 30.5 Å². The Balaban J connectivity index is 2.16. The van der Waals surface area contributed by atoms with Gasteiger partial charge in [0.05, 0.1) is 5.70 Å². The molecule has 0 amide bonds. The molecule has 27 heavy (non-hydrogen) atoms. The van der Waals surface area contributed by atoms with Crippen LogP contribution in [0, 0.1) is 13.8 Å². The summed E-state index contributed by atoms with van der Waals surface area (Å²) in [7, 11) is 0. The number of carbonyl (C=O) groups is 1. The molecule has 0 spiro atoms. The predicted octanol–water partition coefficient (Wildman–Crippen LogP) is 5.75. The van der Waals surface area contributed by atoms with E-state index in [0.29, 0.717) is 11.3 Å². The lowest BCUT2D eigenvalue weighted by Crippen LogP contribution is -2.25. The molecule has 2 aromatic rings. The third kappa shape index (κ3) is 3.87. The third-order valence-corrected chi connectivity index (χ3v) is 4.38. The lowest BCUT2D eigenvalue weighted by Gasteiger charge is -2.19. The topological polar surface area (TPSA) is 29.1 Å². The van der Waals surface area contributed by atoms with Gasteiger partial charge in [-0.25, -0.2) is 0 Å². The highest BCUT2D eigenvalue weighted by Gasteiger charge is 2.42. The Hall–Kier alpha value is -3.08. The van der Waals surface area contributed by atoms with E-state index in [1.54, 1.807) is 24.3 Å². The molecular formula is C22H18F3NO. The maximum absolute atomic E-state index is 13.0. The molecule has 2 aromatic carbocycles. The molecule has 0 heterocycles. The first kappa shape index (κ1) is 18.7. The van der Waals surface area contributed by atoms with E-state index in [0.717, 1.165) is 16.8 Å². The van der Waals surface area contributed by atoms with E-state index in [4.69, 9.17) is 0 Å². The van der Waals surface area contributed by atoms with Gasteiger partial charge in [0.25, 0.3) is 5.78 Å². The normalized spacial score (nSPS) is 15.5. The number of para-hydroxylation sites is 1. The van der Waals surface area contributed by atoms with Crippen molar-refractivity contribution in [3.05, 3.63) is 94.6 Å². The number of ketones is 1. The van der Waals surface area contributed by atoms with Crippen molar-refractivity contribution in [2.24, 2.45) is 0 Å². The summed E-state index contributed by atoms with van der Waals surface area (Å²) < 4.78 is 39.1. The van der Waals surface area contributed by atoms with Gasteiger partial charge in [0.2, 0.25) is 0 Å². The fourth-order valence-corrected chi connectivity index (χ4v) is 3.03. The molecule has 0 bridgehead atoms. The van der Waals surface area contributed by atoms with Crippen LogP contribution >= 0.6 is 0 Å². The second-order valence-electron chi connectivity index (χ2n) is 6.31. The first-order chi connectivity index (χ1) is 12.8. The molecule has 0 atom stereocenters. The summed E-state index contributed by atoms with van der Waals surface area (Å²) in [5.74, 6) is -1.85. The van der Waals surface area contributed by atoms with Crippen LogP contribution in [0.4, 0.5) is 18.9 Å². The van der Waals surface area contributed by atoms with Gasteiger partial charge in [-0.15, -0.1) is 0 Å².